The number of halogens is 1. The van der Waals surface area contributed by atoms with Gasteiger partial charge in [0, 0.05) is 29.5 Å². The van der Waals surface area contributed by atoms with E-state index in [2.05, 4.69) is 9.47 Å². The van der Waals surface area contributed by atoms with Crippen LogP contribution < -0.4 is 0 Å². The maximum atomic E-state index is 9.87. The van der Waals surface area contributed by atoms with E-state index < -0.39 is 9.95 Å². The summed E-state index contributed by atoms with van der Waals surface area (Å²) in [5.41, 5.74) is 0. The maximum Gasteiger partial charge on any atom is 0.516 e. The standard InChI is InChI=1S/C3H3IO3/c1-3(4)6-2(5)7-3/h1H3. The number of cyclic esters (lactones) is 2. The SMILES string of the molecule is CC1(I)OC(=O)O1. The van der Waals surface area contributed by atoms with Gasteiger partial charge in [0.25, 0.3) is 0 Å². The summed E-state index contributed by atoms with van der Waals surface area (Å²) >= 11 is 1.88. The summed E-state index contributed by atoms with van der Waals surface area (Å²) in [7, 11) is 0. The molecule has 1 aliphatic rings. The third kappa shape index (κ3) is 0.960. The number of ether oxygens (including phenoxy) is 2. The predicted octanol–water partition coefficient (Wildman–Crippen LogP) is 1.26. The summed E-state index contributed by atoms with van der Waals surface area (Å²) in [6.45, 7) is 1.66. The zero-order valence-corrected chi connectivity index (χ0v) is 5.76. The van der Waals surface area contributed by atoms with Gasteiger partial charge in [-0.2, -0.15) is 0 Å². The Hall–Kier alpha value is 0. The van der Waals surface area contributed by atoms with Crippen molar-refractivity contribution >= 4 is 28.7 Å². The van der Waals surface area contributed by atoms with E-state index in [0.29, 0.717) is 0 Å². The summed E-state index contributed by atoms with van der Waals surface area (Å²) in [6.07, 6.45) is -0.586. The van der Waals surface area contributed by atoms with Gasteiger partial charge in [-0.1, -0.05) is 0 Å². The molecule has 4 heteroatoms. The van der Waals surface area contributed by atoms with Crippen LogP contribution in [0.25, 0.3) is 0 Å². The molecule has 0 amide bonds. The second-order valence-corrected chi connectivity index (χ2v) is 3.25. The van der Waals surface area contributed by atoms with Crippen molar-refractivity contribution in [1.29, 1.82) is 0 Å². The van der Waals surface area contributed by atoms with Gasteiger partial charge in [-0.15, -0.1) is 0 Å². The van der Waals surface area contributed by atoms with E-state index in [4.69, 9.17) is 0 Å². The summed E-state index contributed by atoms with van der Waals surface area (Å²) in [6, 6.07) is 0. The molecule has 0 aliphatic carbocycles. The molecule has 1 aliphatic heterocycles. The van der Waals surface area contributed by atoms with Crippen molar-refractivity contribution in [3.05, 3.63) is 0 Å². The van der Waals surface area contributed by atoms with Crippen molar-refractivity contribution in [3.8, 4) is 0 Å². The normalized spacial score (nSPS) is 24.6. The largest absolute Gasteiger partial charge is 0.516 e. The minimum Gasteiger partial charge on any atom is -0.382 e. The zero-order valence-electron chi connectivity index (χ0n) is 3.60. The molecular weight excluding hydrogens is 211 g/mol. The van der Waals surface area contributed by atoms with Crippen LogP contribution in [0.4, 0.5) is 4.79 Å². The molecule has 1 rings (SSSR count). The van der Waals surface area contributed by atoms with E-state index in [1.165, 1.54) is 0 Å². The van der Waals surface area contributed by atoms with E-state index in [1.54, 1.807) is 6.92 Å². The minimum absolute atomic E-state index is 0.586. The topological polar surface area (TPSA) is 35.5 Å². The first-order valence-corrected chi connectivity index (χ1v) is 2.79. The fourth-order valence-electron chi connectivity index (χ4n) is 0.305. The van der Waals surface area contributed by atoms with Crippen LogP contribution in [-0.2, 0) is 9.47 Å². The van der Waals surface area contributed by atoms with E-state index in [9.17, 15) is 4.79 Å². The van der Waals surface area contributed by atoms with Crippen LogP contribution in [0.2, 0.25) is 0 Å². The van der Waals surface area contributed by atoms with Gasteiger partial charge in [0.2, 0.25) is 0 Å². The molecule has 40 valence electrons. The molecule has 0 atom stereocenters. The van der Waals surface area contributed by atoms with Crippen molar-refractivity contribution in [1.82, 2.24) is 0 Å². The van der Waals surface area contributed by atoms with Gasteiger partial charge in [0.1, 0.15) is 0 Å². The van der Waals surface area contributed by atoms with Gasteiger partial charge in [0.15, 0.2) is 0 Å². The molecule has 1 heterocycles. The van der Waals surface area contributed by atoms with Gasteiger partial charge < -0.3 is 9.47 Å². The highest BCUT2D eigenvalue weighted by Crippen LogP contribution is 2.30. The fraction of sp³-hybridized carbons (Fsp3) is 0.667. The predicted molar refractivity (Wildman–Crippen MR) is 30.0 cm³/mol. The molecule has 0 N–H and O–H groups in total. The van der Waals surface area contributed by atoms with Crippen LogP contribution in [0, 0.1) is 0 Å². The maximum absolute atomic E-state index is 9.87. The summed E-state index contributed by atoms with van der Waals surface area (Å²) < 4.78 is 8.22. The van der Waals surface area contributed by atoms with E-state index in [-0.39, 0.29) is 0 Å². The number of rotatable bonds is 0. The Labute approximate surface area is 54.1 Å². The third-order valence-electron chi connectivity index (χ3n) is 0.531. The fourth-order valence-corrected chi connectivity index (χ4v) is 0.665. The Balaban J connectivity index is 2.43. The van der Waals surface area contributed by atoms with Crippen molar-refractivity contribution in [2.45, 2.75) is 10.7 Å². The molecule has 0 aromatic heterocycles. The number of alkyl halides is 1. The first-order valence-electron chi connectivity index (χ1n) is 1.71. The Morgan fingerprint density at radius 2 is 2.14 bits per heavy atom. The average Bonchev–Trinajstić information content (AvgIpc) is 1.27. The van der Waals surface area contributed by atoms with Crippen LogP contribution in [-0.4, -0.2) is 9.95 Å². The lowest BCUT2D eigenvalue weighted by molar-refractivity contribution is -0.184. The quantitative estimate of drug-likeness (QED) is 0.346. The molecule has 0 aromatic carbocycles. The first-order chi connectivity index (χ1) is 3.10. The monoisotopic (exact) mass is 214 g/mol. The van der Waals surface area contributed by atoms with Crippen molar-refractivity contribution in [3.63, 3.8) is 0 Å². The van der Waals surface area contributed by atoms with Crippen molar-refractivity contribution in [2.24, 2.45) is 0 Å². The third-order valence-corrected chi connectivity index (χ3v) is 0.972. The number of carbonyl (C=O) groups is 1. The number of hydrogen-bond donors (Lipinski definition) is 0. The van der Waals surface area contributed by atoms with Gasteiger partial charge in [-0.3, -0.25) is 0 Å². The van der Waals surface area contributed by atoms with Crippen molar-refractivity contribution < 1.29 is 14.3 Å². The molecule has 0 unspecified atom stereocenters. The summed E-state index contributed by atoms with van der Waals surface area (Å²) in [5, 5.41) is 0. The van der Waals surface area contributed by atoms with Gasteiger partial charge in [0.05, 0.1) is 0 Å². The van der Waals surface area contributed by atoms with E-state index in [0.717, 1.165) is 0 Å². The Kier molecular flexibility index (Phi) is 0.911. The molecule has 3 nitrogen and oxygen atoms in total. The Morgan fingerprint density at radius 1 is 1.71 bits per heavy atom. The minimum atomic E-state index is -0.686. The van der Waals surface area contributed by atoms with Crippen LogP contribution in [0.1, 0.15) is 6.92 Å². The molecule has 0 spiro atoms. The Bertz CT molecular complexity index is 98.7. The van der Waals surface area contributed by atoms with E-state index >= 15 is 0 Å². The Morgan fingerprint density at radius 3 is 2.14 bits per heavy atom. The van der Waals surface area contributed by atoms with Crippen LogP contribution in [0.3, 0.4) is 0 Å². The molecule has 1 saturated heterocycles. The second kappa shape index (κ2) is 1.24. The molecule has 1 fully saturated rings. The van der Waals surface area contributed by atoms with Crippen molar-refractivity contribution in [2.75, 3.05) is 0 Å². The molecule has 0 radical (unpaired) electrons. The highest BCUT2D eigenvalue weighted by molar-refractivity contribution is 14.1. The molecule has 0 saturated carbocycles. The zero-order chi connectivity index (χ0) is 5.49. The lowest BCUT2D eigenvalue weighted by Crippen LogP contribution is -2.41. The van der Waals surface area contributed by atoms with Gasteiger partial charge >= 0.3 is 9.95 Å². The molecule has 0 aromatic rings. The lowest BCUT2D eigenvalue weighted by Gasteiger charge is -2.30. The van der Waals surface area contributed by atoms with Crippen LogP contribution >= 0.6 is 22.6 Å². The lowest BCUT2D eigenvalue weighted by atomic mass is 10.7. The number of carbonyl (C=O) groups excluding carboxylic acids is 1. The van der Waals surface area contributed by atoms with Crippen LogP contribution in [0.5, 0.6) is 0 Å². The smallest absolute Gasteiger partial charge is 0.382 e. The first kappa shape index (κ1) is 5.14. The summed E-state index contributed by atoms with van der Waals surface area (Å²) in [4.78, 5) is 9.87. The highest BCUT2D eigenvalue weighted by Gasteiger charge is 2.40. The highest BCUT2D eigenvalue weighted by atomic mass is 127. The molecule has 0 bridgehead atoms. The second-order valence-electron chi connectivity index (χ2n) is 1.29. The van der Waals surface area contributed by atoms with Crippen LogP contribution in [0.15, 0.2) is 0 Å². The molecular formula is C3H3IO3. The molecule has 7 heavy (non-hydrogen) atoms. The van der Waals surface area contributed by atoms with Gasteiger partial charge in [-0.25, -0.2) is 4.79 Å². The summed E-state index contributed by atoms with van der Waals surface area (Å²) in [5.74, 6) is 0. The van der Waals surface area contributed by atoms with Gasteiger partial charge in [-0.05, 0) is 0 Å². The average molecular weight is 214 g/mol. The number of hydrogen-bond acceptors (Lipinski definition) is 3. The van der Waals surface area contributed by atoms with E-state index in [1.807, 2.05) is 22.6 Å².